The van der Waals surface area contributed by atoms with Gasteiger partial charge in [-0.2, -0.15) is 13.2 Å². The van der Waals surface area contributed by atoms with Crippen molar-refractivity contribution in [2.75, 3.05) is 32.6 Å². The van der Waals surface area contributed by atoms with Crippen molar-refractivity contribution in [3.8, 4) is 11.5 Å². The van der Waals surface area contributed by atoms with Crippen LogP contribution in [0.15, 0.2) is 42.5 Å². The van der Waals surface area contributed by atoms with Gasteiger partial charge < -0.3 is 24.6 Å². The van der Waals surface area contributed by atoms with Crippen molar-refractivity contribution in [1.82, 2.24) is 9.80 Å². The van der Waals surface area contributed by atoms with Crippen LogP contribution in [0.4, 0.5) is 18.9 Å². The van der Waals surface area contributed by atoms with Crippen molar-refractivity contribution >= 4 is 17.5 Å². The Labute approximate surface area is 190 Å². The molecule has 3 rings (SSSR count). The normalized spacial score (nSPS) is 16.5. The van der Waals surface area contributed by atoms with Crippen LogP contribution < -0.4 is 14.8 Å². The van der Waals surface area contributed by atoms with Gasteiger partial charge in [-0.05, 0) is 43.7 Å². The summed E-state index contributed by atoms with van der Waals surface area (Å²) in [5.41, 5.74) is 0.984. The zero-order valence-corrected chi connectivity index (χ0v) is 18.8. The number of nitrogens with zero attached hydrogens (tertiary/aromatic N) is 2. The molecule has 0 bridgehead atoms. The molecule has 2 aromatic carbocycles. The number of carbonyl (C=O) groups is 2. The van der Waals surface area contributed by atoms with Crippen LogP contribution in [0.3, 0.4) is 0 Å². The fourth-order valence-corrected chi connectivity index (χ4v) is 3.58. The molecule has 0 saturated carbocycles. The van der Waals surface area contributed by atoms with Crippen molar-refractivity contribution in [2.24, 2.45) is 0 Å². The number of ether oxygens (including phenoxy) is 2. The van der Waals surface area contributed by atoms with Crippen LogP contribution in [0.1, 0.15) is 35.9 Å². The van der Waals surface area contributed by atoms with E-state index in [1.165, 1.54) is 23.1 Å². The molecule has 1 N–H and O–H groups in total. The van der Waals surface area contributed by atoms with Crippen LogP contribution >= 0.6 is 0 Å². The third-order valence-electron chi connectivity index (χ3n) is 5.05. The molecule has 10 heteroatoms. The van der Waals surface area contributed by atoms with Gasteiger partial charge in [0, 0.05) is 19.8 Å². The van der Waals surface area contributed by atoms with Gasteiger partial charge in [0.15, 0.2) is 17.6 Å². The number of hydrogen-bond donors (Lipinski definition) is 1. The van der Waals surface area contributed by atoms with Crippen LogP contribution in [-0.2, 0) is 4.79 Å². The summed E-state index contributed by atoms with van der Waals surface area (Å²) in [6, 6.07) is 11.0. The first kappa shape index (κ1) is 24.2. The lowest BCUT2D eigenvalue weighted by molar-refractivity contribution is -0.144. The maximum Gasteiger partial charge on any atom is 0.406 e. The van der Waals surface area contributed by atoms with Crippen molar-refractivity contribution < 1.29 is 32.2 Å². The molecule has 2 unspecified atom stereocenters. The van der Waals surface area contributed by atoms with Crippen molar-refractivity contribution in [1.29, 1.82) is 0 Å². The van der Waals surface area contributed by atoms with Gasteiger partial charge in [-0.25, -0.2) is 0 Å². The van der Waals surface area contributed by atoms with E-state index < -0.39 is 30.9 Å². The number of anilines is 1. The number of para-hydroxylation sites is 1. The average Bonchev–Trinajstić information content (AvgIpc) is 2.75. The summed E-state index contributed by atoms with van der Waals surface area (Å²) in [5, 5.41) is 3.03. The fourth-order valence-electron chi connectivity index (χ4n) is 3.58. The Morgan fingerprint density at radius 2 is 1.88 bits per heavy atom. The van der Waals surface area contributed by atoms with E-state index >= 15 is 0 Å². The van der Waals surface area contributed by atoms with Gasteiger partial charge in [0.25, 0.3) is 11.8 Å². The Hall–Kier alpha value is -3.43. The predicted octanol–water partition coefficient (Wildman–Crippen LogP) is 4.07. The average molecular weight is 465 g/mol. The monoisotopic (exact) mass is 465 g/mol. The summed E-state index contributed by atoms with van der Waals surface area (Å²) in [5.74, 6) is -0.453. The SMILES string of the molecule is CCOc1cc(C2Nc3ccccc3C(=O)N2CC(F)(F)F)ccc1OC(C)C(=O)N(C)C. The van der Waals surface area contributed by atoms with Gasteiger partial charge in [-0.3, -0.25) is 9.59 Å². The lowest BCUT2D eigenvalue weighted by Crippen LogP contribution is -2.47. The Balaban J connectivity index is 1.99. The smallest absolute Gasteiger partial charge is 0.406 e. The highest BCUT2D eigenvalue weighted by Crippen LogP contribution is 2.38. The molecule has 0 aliphatic carbocycles. The summed E-state index contributed by atoms with van der Waals surface area (Å²) in [4.78, 5) is 27.2. The number of rotatable bonds is 7. The molecule has 1 aliphatic rings. The second-order valence-corrected chi connectivity index (χ2v) is 7.77. The zero-order chi connectivity index (χ0) is 24.3. The number of carbonyl (C=O) groups excluding carboxylic acids is 2. The second kappa shape index (κ2) is 9.60. The highest BCUT2D eigenvalue weighted by atomic mass is 19.4. The first-order valence-corrected chi connectivity index (χ1v) is 10.4. The summed E-state index contributed by atoms with van der Waals surface area (Å²) < 4.78 is 51.4. The van der Waals surface area contributed by atoms with E-state index in [2.05, 4.69) is 5.32 Å². The Morgan fingerprint density at radius 3 is 2.52 bits per heavy atom. The number of hydrogen-bond acceptors (Lipinski definition) is 5. The number of alkyl halides is 3. The quantitative estimate of drug-likeness (QED) is 0.668. The van der Waals surface area contributed by atoms with Crippen LogP contribution in [-0.4, -0.2) is 61.1 Å². The Morgan fingerprint density at radius 1 is 1.18 bits per heavy atom. The van der Waals surface area contributed by atoms with Gasteiger partial charge in [0.2, 0.25) is 0 Å². The first-order chi connectivity index (χ1) is 15.5. The van der Waals surface area contributed by atoms with Crippen LogP contribution in [0.5, 0.6) is 11.5 Å². The van der Waals surface area contributed by atoms with Gasteiger partial charge >= 0.3 is 6.18 Å². The molecule has 2 aromatic rings. The lowest BCUT2D eigenvalue weighted by atomic mass is 10.0. The van der Waals surface area contributed by atoms with Crippen LogP contribution in [0, 0.1) is 0 Å². The highest BCUT2D eigenvalue weighted by Gasteiger charge is 2.41. The minimum absolute atomic E-state index is 0.166. The topological polar surface area (TPSA) is 71.1 Å². The summed E-state index contributed by atoms with van der Waals surface area (Å²) >= 11 is 0. The molecule has 0 radical (unpaired) electrons. The molecule has 7 nitrogen and oxygen atoms in total. The molecule has 2 amide bonds. The first-order valence-electron chi connectivity index (χ1n) is 10.4. The third kappa shape index (κ3) is 5.50. The number of nitrogens with one attached hydrogen (secondary N) is 1. The highest BCUT2D eigenvalue weighted by molar-refractivity contribution is 6.01. The number of benzene rings is 2. The standard InChI is InChI=1S/C23H26F3N3O4/c1-5-32-19-12-15(10-11-18(19)33-14(2)21(30)28(3)4)20-27-17-9-7-6-8-16(17)22(31)29(20)13-23(24,25)26/h6-12,14,20,27H,5,13H2,1-4H3. The number of fused-ring (bicyclic) bond motifs is 1. The van der Waals surface area contributed by atoms with Crippen molar-refractivity contribution in [3.63, 3.8) is 0 Å². The molecular weight excluding hydrogens is 439 g/mol. The molecule has 0 fully saturated rings. The van der Waals surface area contributed by atoms with Gasteiger partial charge in [-0.1, -0.05) is 18.2 Å². The van der Waals surface area contributed by atoms with Gasteiger partial charge in [-0.15, -0.1) is 0 Å². The van der Waals surface area contributed by atoms with E-state index in [1.54, 1.807) is 52.2 Å². The minimum Gasteiger partial charge on any atom is -0.490 e. The van der Waals surface area contributed by atoms with Crippen LogP contribution in [0.2, 0.25) is 0 Å². The molecule has 33 heavy (non-hydrogen) atoms. The molecule has 178 valence electrons. The van der Waals surface area contributed by atoms with E-state index in [9.17, 15) is 22.8 Å². The molecule has 1 aliphatic heterocycles. The van der Waals surface area contributed by atoms with E-state index in [1.807, 2.05) is 0 Å². The summed E-state index contributed by atoms with van der Waals surface area (Å²) in [6.07, 6.45) is -6.47. The molecule has 0 aromatic heterocycles. The fraction of sp³-hybridized carbons (Fsp3) is 0.391. The maximum atomic E-state index is 13.3. The molecule has 0 spiro atoms. The number of halogens is 3. The van der Waals surface area contributed by atoms with Crippen molar-refractivity contribution in [2.45, 2.75) is 32.3 Å². The minimum atomic E-state index is -4.59. The van der Waals surface area contributed by atoms with E-state index in [4.69, 9.17) is 9.47 Å². The second-order valence-electron chi connectivity index (χ2n) is 7.77. The predicted molar refractivity (Wildman–Crippen MR) is 116 cm³/mol. The Kier molecular flexibility index (Phi) is 7.04. The Bertz CT molecular complexity index is 1030. The molecule has 2 atom stereocenters. The van der Waals surface area contributed by atoms with E-state index in [0.29, 0.717) is 11.3 Å². The molecule has 0 saturated heterocycles. The summed E-state index contributed by atoms with van der Waals surface area (Å²) in [6.45, 7) is 2.19. The number of amides is 2. The van der Waals surface area contributed by atoms with Gasteiger partial charge in [0.1, 0.15) is 12.7 Å². The molecular formula is C23H26F3N3O4. The van der Waals surface area contributed by atoms with Gasteiger partial charge in [0.05, 0.1) is 12.2 Å². The van der Waals surface area contributed by atoms with E-state index in [-0.39, 0.29) is 29.6 Å². The molecule has 1 heterocycles. The lowest BCUT2D eigenvalue weighted by Gasteiger charge is -2.38. The number of likely N-dealkylation sites (N-methyl/N-ethyl adjacent to an activating group) is 1. The third-order valence-corrected chi connectivity index (χ3v) is 5.05. The van der Waals surface area contributed by atoms with Crippen LogP contribution in [0.25, 0.3) is 0 Å². The van der Waals surface area contributed by atoms with E-state index in [0.717, 1.165) is 4.90 Å². The van der Waals surface area contributed by atoms with Crippen molar-refractivity contribution in [3.05, 3.63) is 53.6 Å². The zero-order valence-electron chi connectivity index (χ0n) is 18.8. The largest absolute Gasteiger partial charge is 0.490 e. The summed E-state index contributed by atoms with van der Waals surface area (Å²) in [7, 11) is 3.21. The maximum absolute atomic E-state index is 13.3.